The van der Waals surface area contributed by atoms with Crippen molar-refractivity contribution in [1.82, 2.24) is 4.98 Å². The molecule has 0 saturated carbocycles. The molecule has 0 bridgehead atoms. The lowest BCUT2D eigenvalue weighted by molar-refractivity contribution is -0.116. The summed E-state index contributed by atoms with van der Waals surface area (Å²) < 4.78 is 0. The zero-order chi connectivity index (χ0) is 19.2. The van der Waals surface area contributed by atoms with Crippen LogP contribution in [0.4, 0.5) is 16.5 Å². The highest BCUT2D eigenvalue weighted by molar-refractivity contribution is 7.14. The van der Waals surface area contributed by atoms with Crippen molar-refractivity contribution in [2.75, 3.05) is 16.0 Å². The van der Waals surface area contributed by atoms with Crippen LogP contribution in [0.25, 0.3) is 0 Å². The minimum absolute atomic E-state index is 0.0791. The molecule has 0 aliphatic rings. The van der Waals surface area contributed by atoms with Gasteiger partial charge in [-0.25, -0.2) is 4.98 Å². The maximum absolute atomic E-state index is 12.2. The smallest absolute Gasteiger partial charge is 0.267 e. The number of hydrogen-bond acceptors (Lipinski definition) is 6. The number of thiazole rings is 1. The van der Waals surface area contributed by atoms with Crippen molar-refractivity contribution < 1.29 is 14.4 Å². The topological polar surface area (TPSA) is 100 Å². The molecule has 0 spiro atoms. The van der Waals surface area contributed by atoms with Gasteiger partial charge < -0.3 is 10.6 Å². The number of nitrogens with zero attached hydrogens (tertiary/aromatic N) is 1. The number of amides is 3. The summed E-state index contributed by atoms with van der Waals surface area (Å²) in [5, 5.41) is 12.2. The van der Waals surface area contributed by atoms with E-state index < -0.39 is 0 Å². The maximum atomic E-state index is 12.2. The van der Waals surface area contributed by atoms with E-state index in [0.29, 0.717) is 27.1 Å². The molecule has 1 aromatic carbocycles. The van der Waals surface area contributed by atoms with Crippen molar-refractivity contribution in [3.8, 4) is 0 Å². The Morgan fingerprint density at radius 2 is 1.78 bits per heavy atom. The molecule has 3 N–H and O–H groups in total. The summed E-state index contributed by atoms with van der Waals surface area (Å²) in [6.07, 6.45) is 0.0791. The highest BCUT2D eigenvalue weighted by Crippen LogP contribution is 2.19. The second kappa shape index (κ2) is 8.56. The van der Waals surface area contributed by atoms with E-state index in [1.807, 2.05) is 5.38 Å². The van der Waals surface area contributed by atoms with Crippen LogP contribution in [0, 0.1) is 0 Å². The molecule has 0 aliphatic heterocycles. The predicted octanol–water partition coefficient (Wildman–Crippen LogP) is 3.60. The van der Waals surface area contributed by atoms with Crippen LogP contribution in [0.3, 0.4) is 0 Å². The molecule has 7 nitrogen and oxygen atoms in total. The number of carbonyl (C=O) groups is 3. The summed E-state index contributed by atoms with van der Waals surface area (Å²) in [4.78, 5) is 40.2. The molecule has 27 heavy (non-hydrogen) atoms. The molecule has 3 amide bonds. The molecule has 2 heterocycles. The van der Waals surface area contributed by atoms with Crippen molar-refractivity contribution >= 4 is 56.9 Å². The first-order valence-electron chi connectivity index (χ1n) is 7.96. The van der Waals surface area contributed by atoms with Gasteiger partial charge in [-0.15, -0.1) is 22.7 Å². The van der Waals surface area contributed by atoms with Gasteiger partial charge in [-0.1, -0.05) is 12.1 Å². The fraction of sp³-hybridized carbons (Fsp3) is 0.111. The van der Waals surface area contributed by atoms with E-state index in [2.05, 4.69) is 20.9 Å². The zero-order valence-corrected chi connectivity index (χ0v) is 15.9. The Hall–Kier alpha value is -3.04. The molecule has 0 fully saturated rings. The Balaban J connectivity index is 1.56. The number of nitrogens with one attached hydrogen (secondary N) is 3. The number of anilines is 3. The molecule has 0 radical (unpaired) electrons. The Bertz CT molecular complexity index is 967. The number of carbonyl (C=O) groups excluding carboxylic acids is 3. The van der Waals surface area contributed by atoms with Crippen molar-refractivity contribution in [1.29, 1.82) is 0 Å². The molecule has 2 aromatic heterocycles. The summed E-state index contributed by atoms with van der Waals surface area (Å²) in [6, 6.07) is 10.4. The van der Waals surface area contributed by atoms with Crippen LogP contribution in [0.5, 0.6) is 0 Å². The lowest BCUT2D eigenvalue weighted by atomic mass is 10.2. The quantitative estimate of drug-likeness (QED) is 0.589. The normalized spacial score (nSPS) is 10.3. The van der Waals surface area contributed by atoms with E-state index in [0.717, 1.165) is 0 Å². The average molecular weight is 400 g/mol. The minimum atomic E-state index is -0.239. The summed E-state index contributed by atoms with van der Waals surface area (Å²) in [7, 11) is 0. The summed E-state index contributed by atoms with van der Waals surface area (Å²) in [5.74, 6) is -0.639. The highest BCUT2D eigenvalue weighted by atomic mass is 32.1. The zero-order valence-electron chi connectivity index (χ0n) is 14.3. The molecule has 0 saturated heterocycles. The van der Waals surface area contributed by atoms with Crippen LogP contribution < -0.4 is 16.0 Å². The Morgan fingerprint density at radius 3 is 2.48 bits per heavy atom. The molecule has 3 rings (SSSR count). The van der Waals surface area contributed by atoms with Crippen molar-refractivity contribution in [2.45, 2.75) is 13.3 Å². The van der Waals surface area contributed by atoms with Crippen molar-refractivity contribution in [3.63, 3.8) is 0 Å². The number of hydrogen-bond donors (Lipinski definition) is 3. The summed E-state index contributed by atoms with van der Waals surface area (Å²) in [6.45, 7) is 1.42. The largest absolute Gasteiger partial charge is 0.326 e. The molecule has 0 atom stereocenters. The number of aromatic nitrogens is 1. The Labute approximate surface area is 163 Å². The first-order chi connectivity index (χ1) is 13.0. The van der Waals surface area contributed by atoms with Gasteiger partial charge in [0.2, 0.25) is 11.8 Å². The molecule has 9 heteroatoms. The third-order valence-electron chi connectivity index (χ3n) is 3.33. The second-order valence-corrected chi connectivity index (χ2v) is 7.37. The summed E-state index contributed by atoms with van der Waals surface area (Å²) >= 11 is 2.61. The Kier molecular flexibility index (Phi) is 5.94. The second-order valence-electron chi connectivity index (χ2n) is 5.56. The van der Waals surface area contributed by atoms with Gasteiger partial charge in [0.1, 0.15) is 0 Å². The average Bonchev–Trinajstić information content (AvgIpc) is 3.26. The first-order valence-corrected chi connectivity index (χ1v) is 9.72. The van der Waals surface area contributed by atoms with E-state index in [9.17, 15) is 14.4 Å². The van der Waals surface area contributed by atoms with Crippen LogP contribution in [0.2, 0.25) is 0 Å². The van der Waals surface area contributed by atoms with E-state index in [4.69, 9.17) is 0 Å². The van der Waals surface area contributed by atoms with Gasteiger partial charge >= 0.3 is 0 Å². The SMILES string of the molecule is CC(=O)Nc1cccc(NC(=O)Cc2csc(NC(=O)c3cccs3)n2)c1. The molecular formula is C18H16N4O3S2. The fourth-order valence-electron chi connectivity index (χ4n) is 2.26. The van der Waals surface area contributed by atoms with Crippen molar-refractivity contribution in [3.05, 3.63) is 57.7 Å². The summed E-state index contributed by atoms with van der Waals surface area (Å²) in [5.41, 5.74) is 1.75. The Morgan fingerprint density at radius 1 is 1.00 bits per heavy atom. The monoisotopic (exact) mass is 400 g/mol. The van der Waals surface area contributed by atoms with Gasteiger partial charge in [-0.2, -0.15) is 0 Å². The van der Waals surface area contributed by atoms with Crippen LogP contribution >= 0.6 is 22.7 Å². The lowest BCUT2D eigenvalue weighted by Gasteiger charge is -2.07. The van der Waals surface area contributed by atoms with Crippen LogP contribution in [0.1, 0.15) is 22.3 Å². The molecule has 138 valence electrons. The van der Waals surface area contributed by atoms with Gasteiger partial charge in [-0.3, -0.25) is 19.7 Å². The number of rotatable bonds is 6. The fourth-order valence-corrected chi connectivity index (χ4v) is 3.58. The highest BCUT2D eigenvalue weighted by Gasteiger charge is 2.12. The van der Waals surface area contributed by atoms with Gasteiger partial charge in [0.05, 0.1) is 17.0 Å². The minimum Gasteiger partial charge on any atom is -0.326 e. The lowest BCUT2D eigenvalue weighted by Crippen LogP contribution is -2.15. The first kappa shape index (κ1) is 18.7. The van der Waals surface area contributed by atoms with E-state index >= 15 is 0 Å². The van der Waals surface area contributed by atoms with E-state index in [1.165, 1.54) is 29.6 Å². The standard InChI is InChI=1S/C18H16N4O3S2/c1-11(23)19-12-4-2-5-13(8-12)20-16(24)9-14-10-27-18(21-14)22-17(25)15-6-3-7-26-15/h2-8,10H,9H2,1H3,(H,19,23)(H,20,24)(H,21,22,25). The van der Waals surface area contributed by atoms with Gasteiger partial charge in [0, 0.05) is 23.7 Å². The molecule has 0 aliphatic carbocycles. The van der Waals surface area contributed by atoms with E-state index in [-0.39, 0.29) is 24.1 Å². The van der Waals surface area contributed by atoms with Crippen LogP contribution in [-0.2, 0) is 16.0 Å². The van der Waals surface area contributed by atoms with Gasteiger partial charge in [-0.05, 0) is 29.6 Å². The van der Waals surface area contributed by atoms with Crippen LogP contribution in [-0.4, -0.2) is 22.7 Å². The predicted molar refractivity (Wildman–Crippen MR) is 107 cm³/mol. The maximum Gasteiger partial charge on any atom is 0.267 e. The van der Waals surface area contributed by atoms with Crippen LogP contribution in [0.15, 0.2) is 47.2 Å². The molecular weight excluding hydrogens is 384 g/mol. The third-order valence-corrected chi connectivity index (χ3v) is 5.00. The van der Waals surface area contributed by atoms with E-state index in [1.54, 1.807) is 41.8 Å². The third kappa shape index (κ3) is 5.47. The van der Waals surface area contributed by atoms with Crippen molar-refractivity contribution in [2.24, 2.45) is 0 Å². The molecule has 0 unspecified atom stereocenters. The van der Waals surface area contributed by atoms with Gasteiger partial charge in [0.25, 0.3) is 5.91 Å². The number of thiophene rings is 1. The number of benzene rings is 1. The van der Waals surface area contributed by atoms with Gasteiger partial charge in [0.15, 0.2) is 5.13 Å². The molecule has 3 aromatic rings.